The highest BCUT2D eigenvalue weighted by Crippen LogP contribution is 2.40. The predicted molar refractivity (Wildman–Crippen MR) is 125 cm³/mol. The van der Waals surface area contributed by atoms with Gasteiger partial charge in [0.2, 0.25) is 5.91 Å². The van der Waals surface area contributed by atoms with Crippen molar-refractivity contribution in [2.45, 2.75) is 57.7 Å². The second kappa shape index (κ2) is 8.66. The Morgan fingerprint density at radius 2 is 2.09 bits per heavy atom. The molecule has 5 rings (SSSR count). The van der Waals surface area contributed by atoms with E-state index in [0.717, 1.165) is 52.2 Å². The van der Waals surface area contributed by atoms with Gasteiger partial charge in [0.1, 0.15) is 29.7 Å². The van der Waals surface area contributed by atoms with E-state index >= 15 is 0 Å². The Morgan fingerprint density at radius 3 is 2.91 bits per heavy atom. The lowest BCUT2D eigenvalue weighted by molar-refractivity contribution is -0.135. The van der Waals surface area contributed by atoms with E-state index in [9.17, 15) is 14.4 Å². The molecule has 1 fully saturated rings. The number of imide groups is 1. The van der Waals surface area contributed by atoms with Crippen LogP contribution < -0.4 is 20.1 Å². The van der Waals surface area contributed by atoms with E-state index in [2.05, 4.69) is 10.6 Å². The van der Waals surface area contributed by atoms with Gasteiger partial charge in [-0.1, -0.05) is 24.3 Å². The number of carbonyl (C=O) groups is 3. The molecule has 178 valence electrons. The molecular weight excluding hydrogens is 434 g/mol. The van der Waals surface area contributed by atoms with Crippen molar-refractivity contribution in [3.63, 3.8) is 0 Å². The van der Waals surface area contributed by atoms with Crippen molar-refractivity contribution in [2.24, 2.45) is 0 Å². The summed E-state index contributed by atoms with van der Waals surface area (Å²) in [5.74, 6) is 0.718. The zero-order chi connectivity index (χ0) is 23.9. The molecule has 0 unspecified atom stereocenters. The van der Waals surface area contributed by atoms with Crippen molar-refractivity contribution in [1.82, 2.24) is 15.5 Å². The number of nitrogens with zero attached hydrogens (tertiary/aromatic N) is 1. The maximum Gasteiger partial charge on any atom is 0.325 e. The molecule has 2 heterocycles. The predicted octanol–water partition coefficient (Wildman–Crippen LogP) is 2.81. The number of fused-ring (bicyclic) bond motifs is 3. The highest BCUT2D eigenvalue weighted by atomic mass is 16.5. The molecule has 2 aromatic carbocycles. The first-order valence-electron chi connectivity index (χ1n) is 11.9. The molecule has 1 aliphatic carbocycles. The molecule has 8 heteroatoms. The van der Waals surface area contributed by atoms with Crippen molar-refractivity contribution in [3.8, 4) is 11.5 Å². The number of benzene rings is 2. The molecule has 0 aromatic heterocycles. The van der Waals surface area contributed by atoms with Crippen molar-refractivity contribution >= 4 is 17.8 Å². The number of hydrogen-bond donors (Lipinski definition) is 2. The molecule has 1 saturated heterocycles. The third-order valence-corrected chi connectivity index (χ3v) is 6.81. The standard InChI is InChI=1S/C26H29N3O5/c1-3-33-21-12-18-11-16(2)34-22(18)13-19(21)14-27-23(30)15-29-24(31)26(28-25(29)32)10-6-8-17-7-4-5-9-20(17)26/h4-5,7,9,12-13,16H,3,6,8,10-11,14-15H2,1-2H3,(H,27,30)(H,28,32)/t16-,26-/m0/s1. The van der Waals surface area contributed by atoms with Crippen LogP contribution in [0.15, 0.2) is 36.4 Å². The van der Waals surface area contributed by atoms with Crippen LogP contribution in [-0.2, 0) is 34.5 Å². The molecule has 2 aliphatic heterocycles. The fraction of sp³-hybridized carbons (Fsp3) is 0.423. The van der Waals surface area contributed by atoms with Gasteiger partial charge in [-0.3, -0.25) is 14.5 Å². The summed E-state index contributed by atoms with van der Waals surface area (Å²) < 4.78 is 11.6. The molecule has 0 saturated carbocycles. The zero-order valence-corrected chi connectivity index (χ0v) is 19.5. The van der Waals surface area contributed by atoms with Crippen molar-refractivity contribution in [1.29, 1.82) is 0 Å². The molecule has 1 spiro atoms. The van der Waals surface area contributed by atoms with Gasteiger partial charge in [-0.15, -0.1) is 0 Å². The highest BCUT2D eigenvalue weighted by molar-refractivity contribution is 6.09. The number of amides is 4. The van der Waals surface area contributed by atoms with Crippen LogP contribution in [0.5, 0.6) is 11.5 Å². The first kappa shape index (κ1) is 22.3. The van der Waals surface area contributed by atoms with Crippen LogP contribution in [0.4, 0.5) is 4.79 Å². The molecule has 34 heavy (non-hydrogen) atoms. The van der Waals surface area contributed by atoms with Gasteiger partial charge >= 0.3 is 6.03 Å². The molecule has 3 aliphatic rings. The fourth-order valence-corrected chi connectivity index (χ4v) is 5.26. The van der Waals surface area contributed by atoms with Crippen molar-refractivity contribution < 1.29 is 23.9 Å². The van der Waals surface area contributed by atoms with Crippen LogP contribution in [0, 0.1) is 0 Å². The SMILES string of the molecule is CCOc1cc2c(cc1CNC(=O)CN1C(=O)N[C@]3(CCCc4ccccc43)C1=O)O[C@@H](C)C2. The highest BCUT2D eigenvalue weighted by Gasteiger charge is 2.54. The summed E-state index contributed by atoms with van der Waals surface area (Å²) in [6, 6.07) is 11.0. The topological polar surface area (TPSA) is 97.0 Å². The number of ether oxygens (including phenoxy) is 2. The molecule has 0 radical (unpaired) electrons. The summed E-state index contributed by atoms with van der Waals surface area (Å²) in [6.45, 7) is 4.29. The number of hydrogen-bond acceptors (Lipinski definition) is 5. The van der Waals surface area contributed by atoms with Gasteiger partial charge < -0.3 is 20.1 Å². The van der Waals surface area contributed by atoms with E-state index in [1.807, 2.05) is 50.2 Å². The van der Waals surface area contributed by atoms with E-state index in [1.165, 1.54) is 0 Å². The Morgan fingerprint density at radius 1 is 1.26 bits per heavy atom. The van der Waals surface area contributed by atoms with Crippen LogP contribution in [0.2, 0.25) is 0 Å². The van der Waals surface area contributed by atoms with Crippen LogP contribution in [0.3, 0.4) is 0 Å². The first-order valence-corrected chi connectivity index (χ1v) is 11.9. The van der Waals surface area contributed by atoms with Crippen LogP contribution in [-0.4, -0.2) is 42.0 Å². The van der Waals surface area contributed by atoms with E-state index in [1.54, 1.807) is 0 Å². The Bertz CT molecular complexity index is 1160. The minimum Gasteiger partial charge on any atom is -0.494 e. The lowest BCUT2D eigenvalue weighted by atomic mass is 9.76. The molecular formula is C26H29N3O5. The minimum atomic E-state index is -1.08. The maximum atomic E-state index is 13.4. The molecule has 2 N–H and O–H groups in total. The number of urea groups is 1. The zero-order valence-electron chi connectivity index (χ0n) is 19.5. The summed E-state index contributed by atoms with van der Waals surface area (Å²) in [4.78, 5) is 39.9. The van der Waals surface area contributed by atoms with E-state index in [0.29, 0.717) is 18.8 Å². The normalized spacial score (nSPS) is 22.8. The molecule has 2 atom stereocenters. The number of carbonyl (C=O) groups excluding carboxylic acids is 3. The summed E-state index contributed by atoms with van der Waals surface area (Å²) in [5, 5.41) is 5.71. The van der Waals surface area contributed by atoms with E-state index < -0.39 is 17.5 Å². The third-order valence-electron chi connectivity index (χ3n) is 6.81. The number of nitrogens with one attached hydrogen (secondary N) is 2. The van der Waals surface area contributed by atoms with Gasteiger partial charge in [-0.2, -0.15) is 0 Å². The second-order valence-corrected chi connectivity index (χ2v) is 9.15. The summed E-state index contributed by atoms with van der Waals surface area (Å²) >= 11 is 0. The first-order chi connectivity index (χ1) is 16.4. The van der Waals surface area contributed by atoms with Gasteiger partial charge in [-0.05, 0) is 56.4 Å². The number of rotatable bonds is 6. The smallest absolute Gasteiger partial charge is 0.325 e. The third kappa shape index (κ3) is 3.77. The van der Waals surface area contributed by atoms with Crippen LogP contribution in [0.1, 0.15) is 48.9 Å². The van der Waals surface area contributed by atoms with E-state index in [-0.39, 0.29) is 25.1 Å². The van der Waals surface area contributed by atoms with Crippen molar-refractivity contribution in [3.05, 3.63) is 58.7 Å². The minimum absolute atomic E-state index is 0.103. The summed E-state index contributed by atoms with van der Waals surface area (Å²) in [6.07, 6.45) is 3.11. The second-order valence-electron chi connectivity index (χ2n) is 9.15. The monoisotopic (exact) mass is 463 g/mol. The van der Waals surface area contributed by atoms with Gasteiger partial charge in [0, 0.05) is 24.1 Å². The molecule has 4 amide bonds. The largest absolute Gasteiger partial charge is 0.494 e. The van der Waals surface area contributed by atoms with Gasteiger partial charge in [-0.25, -0.2) is 4.79 Å². The van der Waals surface area contributed by atoms with E-state index in [4.69, 9.17) is 9.47 Å². The maximum absolute atomic E-state index is 13.4. The molecule has 8 nitrogen and oxygen atoms in total. The Balaban J connectivity index is 1.29. The van der Waals surface area contributed by atoms with Gasteiger partial charge in [0.05, 0.1) is 6.61 Å². The summed E-state index contributed by atoms with van der Waals surface area (Å²) in [5.41, 5.74) is 2.69. The van der Waals surface area contributed by atoms with Crippen molar-refractivity contribution in [2.75, 3.05) is 13.2 Å². The Labute approximate surface area is 198 Å². The quantitative estimate of drug-likeness (QED) is 0.642. The average molecular weight is 464 g/mol. The Hall–Kier alpha value is -3.55. The van der Waals surface area contributed by atoms with Gasteiger partial charge in [0.25, 0.3) is 5.91 Å². The fourth-order valence-electron chi connectivity index (χ4n) is 5.26. The number of aryl methyl sites for hydroxylation is 1. The molecule has 0 bridgehead atoms. The molecule has 2 aromatic rings. The van der Waals surface area contributed by atoms with Gasteiger partial charge in [0.15, 0.2) is 0 Å². The van der Waals surface area contributed by atoms with Crippen LogP contribution in [0.25, 0.3) is 0 Å². The summed E-state index contributed by atoms with van der Waals surface area (Å²) in [7, 11) is 0. The lowest BCUT2D eigenvalue weighted by Crippen LogP contribution is -2.47. The van der Waals surface area contributed by atoms with Crippen LogP contribution >= 0.6 is 0 Å². The average Bonchev–Trinajstić information content (AvgIpc) is 3.29. The Kier molecular flexibility index (Phi) is 5.67. The lowest BCUT2D eigenvalue weighted by Gasteiger charge is -2.33.